The molecule has 1 N–H and O–H groups in total. The molecule has 7 heteroatoms. The van der Waals surface area contributed by atoms with Crippen LogP contribution in [0.15, 0.2) is 18.2 Å². The van der Waals surface area contributed by atoms with Crippen LogP contribution in [0, 0.1) is 0 Å². The third kappa shape index (κ3) is 1.61. The molecule has 4 atom stereocenters. The number of Topliss-reactive ketones (excluding diaryl/α,β-unsaturated/α-hetero) is 2. The van der Waals surface area contributed by atoms with E-state index < -0.39 is 35.2 Å². The molecular formula is C17H16O7. The van der Waals surface area contributed by atoms with Gasteiger partial charge in [-0.25, -0.2) is 0 Å². The third-order valence-electron chi connectivity index (χ3n) is 5.22. The summed E-state index contributed by atoms with van der Waals surface area (Å²) in [5.74, 6) is -1.49. The van der Waals surface area contributed by atoms with Crippen molar-refractivity contribution in [2.24, 2.45) is 0 Å². The van der Waals surface area contributed by atoms with Crippen molar-refractivity contribution >= 4 is 17.5 Å². The van der Waals surface area contributed by atoms with E-state index in [1.54, 1.807) is 6.92 Å². The van der Waals surface area contributed by atoms with Gasteiger partial charge in [-0.2, -0.15) is 0 Å². The van der Waals surface area contributed by atoms with Crippen molar-refractivity contribution in [3.05, 3.63) is 29.3 Å². The standard InChI is InChI=1S/C17H16O7/c1-8-17-15(21)13-10(4-3-5-11(13)18)14(20)16(17,24-17)7-9(23-8)6-12(19)22-2/h3-5,8-9,18H,6-7H2,1-2H3/t8-,9+,16+,17+/m1/s1. The molecule has 7 nitrogen and oxygen atoms in total. The van der Waals surface area contributed by atoms with E-state index in [1.807, 2.05) is 0 Å². The lowest BCUT2D eigenvalue weighted by Gasteiger charge is -2.36. The molecule has 2 heterocycles. The summed E-state index contributed by atoms with van der Waals surface area (Å²) in [6, 6.07) is 4.38. The first-order valence-electron chi connectivity index (χ1n) is 7.71. The Bertz CT molecular complexity index is 785. The number of hydrogen-bond acceptors (Lipinski definition) is 7. The van der Waals surface area contributed by atoms with Crippen LogP contribution in [0.1, 0.15) is 40.5 Å². The number of esters is 1. The summed E-state index contributed by atoms with van der Waals surface area (Å²) in [4.78, 5) is 37.5. The normalized spacial score (nSPS) is 36.4. The van der Waals surface area contributed by atoms with Gasteiger partial charge in [-0.3, -0.25) is 14.4 Å². The van der Waals surface area contributed by atoms with Crippen molar-refractivity contribution in [2.75, 3.05) is 7.11 Å². The molecule has 1 aromatic carbocycles. The number of phenolic OH excluding ortho intramolecular Hbond substituents is 1. The predicted octanol–water partition coefficient (Wildman–Crippen LogP) is 1.02. The maximum absolute atomic E-state index is 13.0. The molecule has 2 aliphatic heterocycles. The number of carbonyl (C=O) groups excluding carboxylic acids is 3. The number of aromatic hydroxyl groups is 1. The number of carbonyl (C=O) groups is 3. The fourth-order valence-electron chi connectivity index (χ4n) is 4.09. The summed E-state index contributed by atoms with van der Waals surface area (Å²) in [7, 11) is 1.28. The van der Waals surface area contributed by atoms with Crippen molar-refractivity contribution in [3.8, 4) is 5.75 Å². The summed E-state index contributed by atoms with van der Waals surface area (Å²) in [6.07, 6.45) is -1.20. The van der Waals surface area contributed by atoms with E-state index in [4.69, 9.17) is 9.47 Å². The second kappa shape index (κ2) is 4.64. The maximum atomic E-state index is 13.0. The molecule has 3 aliphatic rings. The topological polar surface area (TPSA) is 102 Å². The Hall–Kier alpha value is -2.25. The molecule has 126 valence electrons. The van der Waals surface area contributed by atoms with E-state index in [0.29, 0.717) is 0 Å². The Morgan fingerprint density at radius 2 is 2.12 bits per heavy atom. The minimum Gasteiger partial charge on any atom is -0.507 e. The minimum absolute atomic E-state index is 0.0162. The van der Waals surface area contributed by atoms with Gasteiger partial charge in [-0.15, -0.1) is 0 Å². The lowest BCUT2D eigenvalue weighted by atomic mass is 9.68. The van der Waals surface area contributed by atoms with Crippen molar-refractivity contribution in [1.82, 2.24) is 0 Å². The molecule has 2 fully saturated rings. The van der Waals surface area contributed by atoms with Crippen molar-refractivity contribution in [3.63, 3.8) is 0 Å². The molecule has 0 spiro atoms. The van der Waals surface area contributed by atoms with Gasteiger partial charge in [0.2, 0.25) is 5.78 Å². The Balaban J connectivity index is 1.78. The second-order valence-electron chi connectivity index (χ2n) is 6.41. The fourth-order valence-corrected chi connectivity index (χ4v) is 4.09. The van der Waals surface area contributed by atoms with Crippen LogP contribution >= 0.6 is 0 Å². The van der Waals surface area contributed by atoms with E-state index in [9.17, 15) is 19.5 Å². The number of fused-ring (bicyclic) bond motifs is 1. The quantitative estimate of drug-likeness (QED) is 0.637. The Morgan fingerprint density at radius 1 is 1.38 bits per heavy atom. The summed E-state index contributed by atoms with van der Waals surface area (Å²) in [5, 5.41) is 10.0. The van der Waals surface area contributed by atoms with Gasteiger partial charge in [-0.05, 0) is 13.0 Å². The van der Waals surface area contributed by atoms with Crippen LogP contribution in [-0.4, -0.2) is 53.2 Å². The summed E-state index contributed by atoms with van der Waals surface area (Å²) in [5.41, 5.74) is -2.60. The highest BCUT2D eigenvalue weighted by atomic mass is 16.7. The lowest BCUT2D eigenvalue weighted by molar-refractivity contribution is -0.146. The zero-order valence-electron chi connectivity index (χ0n) is 13.2. The molecule has 24 heavy (non-hydrogen) atoms. The van der Waals surface area contributed by atoms with Crippen LogP contribution in [0.3, 0.4) is 0 Å². The number of rotatable bonds is 2. The van der Waals surface area contributed by atoms with Gasteiger partial charge < -0.3 is 19.3 Å². The first kappa shape index (κ1) is 15.3. The Labute approximate surface area is 137 Å². The van der Waals surface area contributed by atoms with Gasteiger partial charge in [0.15, 0.2) is 17.0 Å². The smallest absolute Gasteiger partial charge is 0.308 e. The molecule has 0 bridgehead atoms. The maximum Gasteiger partial charge on any atom is 0.308 e. The van der Waals surface area contributed by atoms with Gasteiger partial charge in [-0.1, -0.05) is 12.1 Å². The molecule has 0 radical (unpaired) electrons. The molecule has 4 rings (SSSR count). The van der Waals surface area contributed by atoms with Crippen molar-refractivity contribution < 1.29 is 33.7 Å². The van der Waals surface area contributed by atoms with Crippen LogP contribution in [0.25, 0.3) is 0 Å². The number of hydrogen-bond donors (Lipinski definition) is 1. The number of ketones is 2. The third-order valence-corrected chi connectivity index (χ3v) is 5.22. The molecular weight excluding hydrogens is 316 g/mol. The summed E-state index contributed by atoms with van der Waals surface area (Å²) in [6.45, 7) is 1.64. The Morgan fingerprint density at radius 3 is 2.83 bits per heavy atom. The molecule has 2 saturated heterocycles. The first-order valence-corrected chi connectivity index (χ1v) is 7.71. The zero-order chi connectivity index (χ0) is 17.3. The van der Waals surface area contributed by atoms with Gasteiger partial charge in [0, 0.05) is 12.0 Å². The zero-order valence-corrected chi connectivity index (χ0v) is 13.2. The average Bonchev–Trinajstić information content (AvgIpc) is 3.25. The van der Waals surface area contributed by atoms with Crippen LogP contribution in [-0.2, 0) is 19.0 Å². The fraction of sp³-hybridized carbons (Fsp3) is 0.471. The molecule has 0 saturated carbocycles. The Kier molecular flexibility index (Phi) is 2.96. The van der Waals surface area contributed by atoms with E-state index in [-0.39, 0.29) is 35.5 Å². The highest BCUT2D eigenvalue weighted by Crippen LogP contribution is 2.63. The van der Waals surface area contributed by atoms with Crippen molar-refractivity contribution in [2.45, 2.75) is 43.2 Å². The highest BCUT2D eigenvalue weighted by molar-refractivity contribution is 6.26. The average molecular weight is 332 g/mol. The van der Waals surface area contributed by atoms with Crippen molar-refractivity contribution in [1.29, 1.82) is 0 Å². The van der Waals surface area contributed by atoms with Gasteiger partial charge in [0.05, 0.1) is 31.3 Å². The second-order valence-corrected chi connectivity index (χ2v) is 6.41. The number of epoxide rings is 1. The number of benzene rings is 1. The first-order chi connectivity index (χ1) is 11.4. The summed E-state index contributed by atoms with van der Waals surface area (Å²) < 4.78 is 16.2. The van der Waals surface area contributed by atoms with E-state index in [1.165, 1.54) is 25.3 Å². The number of phenols is 1. The van der Waals surface area contributed by atoms with Gasteiger partial charge in [0.1, 0.15) is 5.75 Å². The van der Waals surface area contributed by atoms with E-state index >= 15 is 0 Å². The molecule has 1 aliphatic carbocycles. The summed E-state index contributed by atoms with van der Waals surface area (Å²) >= 11 is 0. The molecule has 0 aromatic heterocycles. The lowest BCUT2D eigenvalue weighted by Crippen LogP contribution is -2.57. The van der Waals surface area contributed by atoms with E-state index in [2.05, 4.69) is 4.74 Å². The van der Waals surface area contributed by atoms with Crippen LogP contribution in [0.4, 0.5) is 0 Å². The molecule has 0 amide bonds. The number of ether oxygens (including phenoxy) is 3. The number of methoxy groups -OCH3 is 1. The highest BCUT2D eigenvalue weighted by Gasteiger charge is 2.85. The molecule has 0 unspecified atom stereocenters. The predicted molar refractivity (Wildman–Crippen MR) is 78.9 cm³/mol. The largest absolute Gasteiger partial charge is 0.507 e. The van der Waals surface area contributed by atoms with E-state index in [0.717, 1.165) is 0 Å². The van der Waals surface area contributed by atoms with Gasteiger partial charge >= 0.3 is 5.97 Å². The monoisotopic (exact) mass is 332 g/mol. The van der Waals surface area contributed by atoms with Crippen LogP contribution in [0.2, 0.25) is 0 Å². The van der Waals surface area contributed by atoms with Crippen LogP contribution < -0.4 is 0 Å². The minimum atomic E-state index is -1.41. The SMILES string of the molecule is COC(=O)C[C@H]1C[C@@]23O[C@]2(C(=O)c2c(O)cccc2C3=O)[C@@H](C)O1. The molecule has 1 aromatic rings. The van der Waals surface area contributed by atoms with Gasteiger partial charge in [0.25, 0.3) is 0 Å². The van der Waals surface area contributed by atoms with Crippen LogP contribution in [0.5, 0.6) is 5.75 Å².